The Bertz CT molecular complexity index is 1430. The molecular weight excluding hydrogens is 438 g/mol. The van der Waals surface area contributed by atoms with Crippen molar-refractivity contribution in [2.75, 3.05) is 4.90 Å². The Morgan fingerprint density at radius 3 is 1.89 bits per heavy atom. The zero-order chi connectivity index (χ0) is 24.0. The highest BCUT2D eigenvalue weighted by Crippen LogP contribution is 2.41. The molecule has 0 aliphatic rings. The summed E-state index contributed by atoms with van der Waals surface area (Å²) in [6.07, 6.45) is 3.55. The predicted octanol–water partition coefficient (Wildman–Crippen LogP) is 6.66. The molecule has 0 spiro atoms. The van der Waals surface area contributed by atoms with Gasteiger partial charge in [-0.25, -0.2) is 0 Å². The first-order valence-electron chi connectivity index (χ1n) is 11.2. The summed E-state index contributed by atoms with van der Waals surface area (Å²) in [6.45, 7) is 1.11. The van der Waals surface area contributed by atoms with E-state index in [4.69, 9.17) is 0 Å². The minimum atomic E-state index is -0.138. The quantitative estimate of drug-likeness (QED) is 0.264. The van der Waals surface area contributed by atoms with Crippen molar-refractivity contribution in [1.29, 1.82) is 0 Å². The van der Waals surface area contributed by atoms with Gasteiger partial charge in [-0.3, -0.25) is 9.97 Å². The van der Waals surface area contributed by atoms with Crippen LogP contribution in [-0.2, 0) is 13.1 Å². The molecule has 0 amide bonds. The van der Waals surface area contributed by atoms with Crippen molar-refractivity contribution in [2.24, 2.45) is 10.2 Å². The van der Waals surface area contributed by atoms with Gasteiger partial charge < -0.3 is 15.1 Å². The average Bonchev–Trinajstić information content (AvgIpc) is 2.90. The summed E-state index contributed by atoms with van der Waals surface area (Å²) in [4.78, 5) is 11.1. The van der Waals surface area contributed by atoms with E-state index in [9.17, 15) is 10.2 Å². The fourth-order valence-electron chi connectivity index (χ4n) is 3.95. The maximum atomic E-state index is 10.5. The molecule has 0 radical (unpaired) electrons. The summed E-state index contributed by atoms with van der Waals surface area (Å²) >= 11 is 0. The Kier molecular flexibility index (Phi) is 6.30. The van der Waals surface area contributed by atoms with Crippen molar-refractivity contribution in [3.05, 3.63) is 115 Å². The summed E-state index contributed by atoms with van der Waals surface area (Å²) in [5.74, 6) is -0.143. The first-order chi connectivity index (χ1) is 17.2. The van der Waals surface area contributed by atoms with Crippen LogP contribution in [0.3, 0.4) is 0 Å². The van der Waals surface area contributed by atoms with Gasteiger partial charge in [0.15, 0.2) is 0 Å². The van der Waals surface area contributed by atoms with Crippen LogP contribution in [0.1, 0.15) is 11.4 Å². The van der Waals surface area contributed by atoms with Crippen molar-refractivity contribution in [3.8, 4) is 11.5 Å². The fraction of sp³-hybridized carbons (Fsp3) is 0.0714. The smallest absolute Gasteiger partial charge is 0.147 e. The Morgan fingerprint density at radius 1 is 0.629 bits per heavy atom. The molecule has 0 saturated carbocycles. The van der Waals surface area contributed by atoms with E-state index < -0.39 is 0 Å². The van der Waals surface area contributed by atoms with Gasteiger partial charge in [0.25, 0.3) is 0 Å². The monoisotopic (exact) mass is 461 g/mol. The number of fused-ring (bicyclic) bond motifs is 1. The molecule has 0 aliphatic carbocycles. The Hall–Kier alpha value is -4.78. The van der Waals surface area contributed by atoms with Crippen molar-refractivity contribution >= 4 is 27.8 Å². The van der Waals surface area contributed by atoms with E-state index in [0.717, 1.165) is 17.1 Å². The van der Waals surface area contributed by atoms with E-state index >= 15 is 0 Å². The molecule has 2 aromatic heterocycles. The van der Waals surface area contributed by atoms with Crippen LogP contribution >= 0.6 is 0 Å². The van der Waals surface area contributed by atoms with Gasteiger partial charge in [-0.2, -0.15) is 0 Å². The second-order valence-electron chi connectivity index (χ2n) is 8.00. The van der Waals surface area contributed by atoms with Crippen LogP contribution in [0.5, 0.6) is 11.5 Å². The summed E-state index contributed by atoms with van der Waals surface area (Å²) in [5.41, 5.74) is 3.62. The molecular formula is C28H23N5O2. The molecule has 35 heavy (non-hydrogen) atoms. The standard InChI is InChI=1S/C28H23N5O2/c34-26-17-27(35)28(23-12-2-1-11-22(23)26)32-31-24-13-3-4-14-25(24)33(18-20-9-5-7-15-29-20)19-21-10-6-8-16-30-21/h1-17,34-35H,18-19H2. The van der Waals surface area contributed by atoms with E-state index in [1.54, 1.807) is 24.5 Å². The van der Waals surface area contributed by atoms with E-state index in [0.29, 0.717) is 35.2 Å². The van der Waals surface area contributed by atoms with Crippen molar-refractivity contribution < 1.29 is 10.2 Å². The van der Waals surface area contributed by atoms with Gasteiger partial charge in [-0.05, 0) is 36.4 Å². The van der Waals surface area contributed by atoms with E-state index in [1.807, 2.05) is 72.8 Å². The second-order valence-corrected chi connectivity index (χ2v) is 8.00. The highest BCUT2D eigenvalue weighted by Gasteiger charge is 2.15. The second kappa shape index (κ2) is 10.0. The number of azo groups is 1. The molecule has 0 bridgehead atoms. The molecule has 2 heterocycles. The summed E-state index contributed by atoms with van der Waals surface area (Å²) in [5, 5.41) is 30.8. The third kappa shape index (κ3) is 4.94. The average molecular weight is 462 g/mol. The maximum absolute atomic E-state index is 10.5. The van der Waals surface area contributed by atoms with Crippen LogP contribution in [0.4, 0.5) is 17.1 Å². The highest BCUT2D eigenvalue weighted by molar-refractivity contribution is 5.99. The van der Waals surface area contributed by atoms with Crippen LogP contribution in [0.25, 0.3) is 10.8 Å². The van der Waals surface area contributed by atoms with Gasteiger partial charge in [0.05, 0.1) is 30.2 Å². The van der Waals surface area contributed by atoms with Crippen molar-refractivity contribution in [2.45, 2.75) is 13.1 Å². The lowest BCUT2D eigenvalue weighted by molar-refractivity contribution is 0.456. The van der Waals surface area contributed by atoms with Gasteiger partial charge in [-0.15, -0.1) is 10.2 Å². The molecule has 0 saturated heterocycles. The van der Waals surface area contributed by atoms with Crippen LogP contribution in [0.2, 0.25) is 0 Å². The van der Waals surface area contributed by atoms with Gasteiger partial charge in [0.1, 0.15) is 22.9 Å². The topological polar surface area (TPSA) is 94.2 Å². The molecule has 0 aliphatic heterocycles. The SMILES string of the molecule is Oc1cc(O)c2ccccc2c1N=Nc1ccccc1N(Cc1ccccn1)Cc1ccccn1. The predicted molar refractivity (Wildman–Crippen MR) is 136 cm³/mol. The lowest BCUT2D eigenvalue weighted by Gasteiger charge is -2.25. The first kappa shape index (κ1) is 22.0. The molecule has 7 nitrogen and oxygen atoms in total. The molecule has 7 heteroatoms. The number of aromatic nitrogens is 2. The lowest BCUT2D eigenvalue weighted by Crippen LogP contribution is -2.23. The lowest BCUT2D eigenvalue weighted by atomic mass is 10.1. The number of aromatic hydroxyl groups is 2. The van der Waals surface area contributed by atoms with E-state index in [2.05, 4.69) is 25.1 Å². The van der Waals surface area contributed by atoms with Gasteiger partial charge in [0, 0.05) is 29.2 Å². The summed E-state index contributed by atoms with van der Waals surface area (Å²) in [6, 6.07) is 27.9. The minimum absolute atomic E-state index is 0.00523. The normalized spacial score (nSPS) is 11.2. The molecule has 0 fully saturated rings. The number of hydrogen-bond donors (Lipinski definition) is 2. The molecule has 0 atom stereocenters. The number of benzene rings is 3. The molecule has 5 rings (SSSR count). The summed E-state index contributed by atoms with van der Waals surface area (Å²) in [7, 11) is 0. The number of phenols is 2. The van der Waals surface area contributed by atoms with Crippen molar-refractivity contribution in [1.82, 2.24) is 9.97 Å². The zero-order valence-electron chi connectivity index (χ0n) is 18.9. The molecule has 5 aromatic rings. The van der Waals surface area contributed by atoms with Gasteiger partial charge in [0.2, 0.25) is 0 Å². The number of nitrogens with zero attached hydrogens (tertiary/aromatic N) is 5. The van der Waals surface area contributed by atoms with Gasteiger partial charge in [-0.1, -0.05) is 48.5 Å². The van der Waals surface area contributed by atoms with E-state index in [-0.39, 0.29) is 11.5 Å². The molecule has 0 unspecified atom stereocenters. The highest BCUT2D eigenvalue weighted by atomic mass is 16.3. The van der Waals surface area contributed by atoms with Crippen LogP contribution in [0, 0.1) is 0 Å². The Labute approximate surface area is 202 Å². The number of anilines is 1. The number of phenolic OH excluding ortho intramolecular Hbond substituents is 2. The van der Waals surface area contributed by atoms with E-state index in [1.165, 1.54) is 6.07 Å². The number of pyridine rings is 2. The fourth-order valence-corrected chi connectivity index (χ4v) is 3.95. The third-order valence-electron chi connectivity index (χ3n) is 5.61. The minimum Gasteiger partial charge on any atom is -0.507 e. The van der Waals surface area contributed by atoms with Gasteiger partial charge >= 0.3 is 0 Å². The molecule has 2 N–H and O–H groups in total. The van der Waals surface area contributed by atoms with Crippen LogP contribution in [-0.4, -0.2) is 20.2 Å². The Morgan fingerprint density at radius 2 is 1.23 bits per heavy atom. The molecule has 172 valence electrons. The molecule has 3 aromatic carbocycles. The number of rotatable bonds is 7. The summed E-state index contributed by atoms with van der Waals surface area (Å²) < 4.78 is 0. The van der Waals surface area contributed by atoms with Crippen LogP contribution < -0.4 is 4.90 Å². The Balaban J connectivity index is 1.55. The van der Waals surface area contributed by atoms with Crippen molar-refractivity contribution in [3.63, 3.8) is 0 Å². The first-order valence-corrected chi connectivity index (χ1v) is 11.2. The maximum Gasteiger partial charge on any atom is 0.147 e. The largest absolute Gasteiger partial charge is 0.507 e. The zero-order valence-corrected chi connectivity index (χ0v) is 18.9. The number of hydrogen-bond acceptors (Lipinski definition) is 7. The third-order valence-corrected chi connectivity index (χ3v) is 5.61. The van der Waals surface area contributed by atoms with Crippen LogP contribution in [0.15, 0.2) is 114 Å². The number of para-hydroxylation sites is 1.